The van der Waals surface area contributed by atoms with Gasteiger partial charge in [-0.2, -0.15) is 5.10 Å². The van der Waals surface area contributed by atoms with Gasteiger partial charge in [0.05, 0.1) is 18.9 Å². The predicted molar refractivity (Wildman–Crippen MR) is 81.1 cm³/mol. The van der Waals surface area contributed by atoms with Gasteiger partial charge in [0.2, 0.25) is 5.91 Å². The summed E-state index contributed by atoms with van der Waals surface area (Å²) in [5, 5.41) is 13.1. The second-order valence-corrected chi connectivity index (χ2v) is 5.56. The number of piperidine rings is 1. The molecule has 0 unspecified atom stereocenters. The van der Waals surface area contributed by atoms with Crippen LogP contribution in [-0.2, 0) is 25.6 Å². The fourth-order valence-electron chi connectivity index (χ4n) is 2.66. The van der Waals surface area contributed by atoms with Crippen LogP contribution in [0, 0.1) is 0 Å². The lowest BCUT2D eigenvalue weighted by Crippen LogP contribution is -2.41. The minimum atomic E-state index is -0.923. The van der Waals surface area contributed by atoms with Crippen molar-refractivity contribution >= 4 is 11.9 Å². The molecule has 0 saturated carbocycles. The number of aromatic nitrogens is 2. The van der Waals surface area contributed by atoms with Gasteiger partial charge in [0.1, 0.15) is 13.2 Å². The van der Waals surface area contributed by atoms with Crippen LogP contribution in [0.1, 0.15) is 24.5 Å². The molecule has 2 rings (SSSR count). The summed E-state index contributed by atoms with van der Waals surface area (Å²) in [6.07, 6.45) is 3.51. The zero-order valence-corrected chi connectivity index (χ0v) is 13.3. The van der Waals surface area contributed by atoms with E-state index in [2.05, 4.69) is 5.10 Å². The number of amides is 1. The Morgan fingerprint density at radius 3 is 3.00 bits per heavy atom. The van der Waals surface area contributed by atoms with E-state index in [1.807, 2.05) is 6.07 Å². The van der Waals surface area contributed by atoms with Crippen molar-refractivity contribution in [3.8, 4) is 0 Å². The lowest BCUT2D eigenvalue weighted by atomic mass is 9.95. The van der Waals surface area contributed by atoms with E-state index in [0.717, 1.165) is 25.1 Å². The van der Waals surface area contributed by atoms with Crippen LogP contribution in [-0.4, -0.2) is 71.7 Å². The average molecular weight is 325 g/mol. The zero-order chi connectivity index (χ0) is 16.7. The Hall–Kier alpha value is -1.93. The molecule has 8 nitrogen and oxygen atoms in total. The number of aliphatic carboxylic acids is 1. The first-order valence-corrected chi connectivity index (χ1v) is 7.69. The van der Waals surface area contributed by atoms with E-state index < -0.39 is 5.97 Å². The highest BCUT2D eigenvalue weighted by Gasteiger charge is 2.26. The van der Waals surface area contributed by atoms with E-state index in [1.54, 1.807) is 18.2 Å². The van der Waals surface area contributed by atoms with Gasteiger partial charge in [-0.25, -0.2) is 0 Å². The van der Waals surface area contributed by atoms with Crippen molar-refractivity contribution in [1.29, 1.82) is 0 Å². The Kier molecular flexibility index (Phi) is 6.54. The summed E-state index contributed by atoms with van der Waals surface area (Å²) in [7, 11) is 1.59. The highest BCUT2D eigenvalue weighted by atomic mass is 16.5. The third-order valence-electron chi connectivity index (χ3n) is 3.81. The summed E-state index contributed by atoms with van der Waals surface area (Å²) in [6, 6.07) is 1.83. The van der Waals surface area contributed by atoms with Crippen molar-refractivity contribution in [3.05, 3.63) is 18.0 Å². The third-order valence-corrected chi connectivity index (χ3v) is 3.81. The number of hydrogen-bond acceptors (Lipinski definition) is 5. The second-order valence-electron chi connectivity index (χ2n) is 5.56. The van der Waals surface area contributed by atoms with E-state index >= 15 is 0 Å². The van der Waals surface area contributed by atoms with Gasteiger partial charge >= 0.3 is 5.97 Å². The van der Waals surface area contributed by atoms with Gasteiger partial charge in [0.25, 0.3) is 0 Å². The zero-order valence-electron chi connectivity index (χ0n) is 13.3. The van der Waals surface area contributed by atoms with E-state index in [0.29, 0.717) is 19.8 Å². The summed E-state index contributed by atoms with van der Waals surface area (Å²) in [5.41, 5.74) is 0.837. The van der Waals surface area contributed by atoms with Crippen LogP contribution in [0.25, 0.3) is 0 Å². The van der Waals surface area contributed by atoms with Crippen LogP contribution >= 0.6 is 0 Å². The van der Waals surface area contributed by atoms with Crippen LogP contribution in [0.5, 0.6) is 0 Å². The van der Waals surface area contributed by atoms with Crippen LogP contribution in [0.3, 0.4) is 0 Å². The van der Waals surface area contributed by atoms with Crippen molar-refractivity contribution in [1.82, 2.24) is 14.7 Å². The summed E-state index contributed by atoms with van der Waals surface area (Å²) in [6.45, 7) is 2.09. The molecule has 1 aliphatic rings. The Bertz CT molecular complexity index is 531. The lowest BCUT2D eigenvalue weighted by molar-refractivity contribution is -0.138. The maximum Gasteiger partial charge on any atom is 0.325 e. The SMILES string of the molecule is COCCOCC(=O)N1CCC[C@@H](c2ccn(CC(=O)O)n2)C1. The number of ether oxygens (including phenoxy) is 2. The summed E-state index contributed by atoms with van der Waals surface area (Å²) >= 11 is 0. The molecule has 0 spiro atoms. The Morgan fingerprint density at radius 1 is 1.43 bits per heavy atom. The van der Waals surface area contributed by atoms with Crippen molar-refractivity contribution in [3.63, 3.8) is 0 Å². The second kappa shape index (κ2) is 8.64. The molecule has 23 heavy (non-hydrogen) atoms. The minimum Gasteiger partial charge on any atom is -0.480 e. The Morgan fingerprint density at radius 2 is 2.26 bits per heavy atom. The molecule has 0 aliphatic carbocycles. The normalized spacial score (nSPS) is 18.1. The highest BCUT2D eigenvalue weighted by molar-refractivity contribution is 5.77. The minimum absolute atomic E-state index is 0.0317. The van der Waals surface area contributed by atoms with Crippen molar-refractivity contribution in [2.75, 3.05) is 40.0 Å². The molecule has 0 radical (unpaired) electrons. The number of hydrogen-bond donors (Lipinski definition) is 1. The van der Waals surface area contributed by atoms with Gasteiger partial charge in [-0.3, -0.25) is 14.3 Å². The quantitative estimate of drug-likeness (QED) is 0.693. The number of rotatable bonds is 8. The first-order chi connectivity index (χ1) is 11.1. The Balaban J connectivity index is 1.86. The van der Waals surface area contributed by atoms with Crippen LogP contribution in [0.15, 0.2) is 12.3 Å². The van der Waals surface area contributed by atoms with Crippen molar-refractivity contribution < 1.29 is 24.2 Å². The molecular weight excluding hydrogens is 302 g/mol. The molecule has 0 bridgehead atoms. The van der Waals surface area contributed by atoms with E-state index in [-0.39, 0.29) is 25.0 Å². The molecule has 1 N–H and O–H groups in total. The molecule has 1 fully saturated rings. The summed E-state index contributed by atoms with van der Waals surface area (Å²) in [5.74, 6) is -0.814. The molecule has 2 heterocycles. The van der Waals surface area contributed by atoms with E-state index in [9.17, 15) is 9.59 Å². The van der Waals surface area contributed by atoms with Gasteiger partial charge in [0, 0.05) is 32.3 Å². The lowest BCUT2D eigenvalue weighted by Gasteiger charge is -2.32. The number of carbonyl (C=O) groups excluding carboxylic acids is 1. The topological polar surface area (TPSA) is 93.9 Å². The molecule has 8 heteroatoms. The summed E-state index contributed by atoms with van der Waals surface area (Å²) in [4.78, 5) is 24.6. The molecule has 1 atom stereocenters. The number of nitrogens with zero attached hydrogens (tertiary/aromatic N) is 3. The number of likely N-dealkylation sites (tertiary alicyclic amines) is 1. The van der Waals surface area contributed by atoms with Crippen molar-refractivity contribution in [2.45, 2.75) is 25.3 Å². The number of methoxy groups -OCH3 is 1. The van der Waals surface area contributed by atoms with Gasteiger partial charge in [0.15, 0.2) is 0 Å². The van der Waals surface area contributed by atoms with Crippen LogP contribution in [0.2, 0.25) is 0 Å². The van der Waals surface area contributed by atoms with Gasteiger partial charge in [-0.15, -0.1) is 0 Å². The molecular formula is C15H23N3O5. The number of carbonyl (C=O) groups is 2. The number of carboxylic acids is 1. The molecule has 1 amide bonds. The molecule has 1 saturated heterocycles. The van der Waals surface area contributed by atoms with Gasteiger partial charge in [-0.05, 0) is 18.9 Å². The molecule has 0 aromatic carbocycles. The van der Waals surface area contributed by atoms with Crippen LogP contribution < -0.4 is 0 Å². The third kappa shape index (κ3) is 5.33. The molecule has 128 valence electrons. The van der Waals surface area contributed by atoms with Gasteiger partial charge in [-0.1, -0.05) is 0 Å². The first-order valence-electron chi connectivity index (χ1n) is 7.69. The fourth-order valence-corrected chi connectivity index (χ4v) is 2.66. The molecule has 1 aromatic rings. The maximum absolute atomic E-state index is 12.1. The molecule has 1 aromatic heterocycles. The first kappa shape index (κ1) is 17.4. The Labute approximate surface area is 135 Å². The smallest absolute Gasteiger partial charge is 0.325 e. The van der Waals surface area contributed by atoms with Crippen molar-refractivity contribution in [2.24, 2.45) is 0 Å². The largest absolute Gasteiger partial charge is 0.480 e. The standard InChI is InChI=1S/C15H23N3O5/c1-22-7-8-23-11-14(19)17-5-2-3-12(9-17)13-4-6-18(16-13)10-15(20)21/h4,6,12H,2-3,5,7-11H2,1H3,(H,20,21)/t12-/m1/s1. The van der Waals surface area contributed by atoms with Gasteiger partial charge < -0.3 is 19.5 Å². The molecule has 1 aliphatic heterocycles. The highest BCUT2D eigenvalue weighted by Crippen LogP contribution is 2.25. The maximum atomic E-state index is 12.1. The average Bonchev–Trinajstić information content (AvgIpc) is 2.99. The summed E-state index contributed by atoms with van der Waals surface area (Å²) < 4.78 is 11.6. The van der Waals surface area contributed by atoms with Crippen LogP contribution in [0.4, 0.5) is 0 Å². The van der Waals surface area contributed by atoms with E-state index in [4.69, 9.17) is 14.6 Å². The predicted octanol–water partition coefficient (Wildman–Crippen LogP) is 0.337. The fraction of sp³-hybridized carbons (Fsp3) is 0.667. The number of carboxylic acid groups (broad SMARTS) is 1. The monoisotopic (exact) mass is 325 g/mol. The van der Waals surface area contributed by atoms with E-state index in [1.165, 1.54) is 4.68 Å².